The van der Waals surface area contributed by atoms with Gasteiger partial charge >= 0.3 is 5.97 Å². The summed E-state index contributed by atoms with van der Waals surface area (Å²) in [6.45, 7) is 3.52. The molecule has 0 saturated carbocycles. The van der Waals surface area contributed by atoms with Crippen LogP contribution in [0.4, 0.5) is 8.78 Å². The molecule has 0 heterocycles. The van der Waals surface area contributed by atoms with Crippen LogP contribution in [0.5, 0.6) is 0 Å². The van der Waals surface area contributed by atoms with Gasteiger partial charge in [-0.15, -0.1) is 0 Å². The van der Waals surface area contributed by atoms with Crippen LogP contribution >= 0.6 is 0 Å². The molecule has 0 saturated heterocycles. The molecule has 2 atom stereocenters. The lowest BCUT2D eigenvalue weighted by Gasteiger charge is -2.20. The third kappa shape index (κ3) is 4.60. The fourth-order valence-electron chi connectivity index (χ4n) is 1.81. The SMILES string of the molecule is CC[C@H](C)[C@H](NC(=O)Cc1cc(F)cc(F)c1)C(=O)O. The number of carboxylic acid groups (broad SMARTS) is 1. The van der Waals surface area contributed by atoms with E-state index in [0.29, 0.717) is 12.5 Å². The molecule has 0 spiro atoms. The van der Waals surface area contributed by atoms with Crippen molar-refractivity contribution < 1.29 is 23.5 Å². The summed E-state index contributed by atoms with van der Waals surface area (Å²) in [5, 5.41) is 11.4. The first-order valence-electron chi connectivity index (χ1n) is 6.30. The molecule has 1 aromatic rings. The monoisotopic (exact) mass is 285 g/mol. The summed E-state index contributed by atoms with van der Waals surface area (Å²) in [5.41, 5.74) is 0.160. The van der Waals surface area contributed by atoms with Gasteiger partial charge < -0.3 is 10.4 Å². The number of aliphatic carboxylic acids is 1. The summed E-state index contributed by atoms with van der Waals surface area (Å²) in [4.78, 5) is 22.8. The second-order valence-corrected chi connectivity index (χ2v) is 4.72. The van der Waals surface area contributed by atoms with E-state index in [1.54, 1.807) is 6.92 Å². The molecule has 1 aromatic carbocycles. The van der Waals surface area contributed by atoms with Crippen molar-refractivity contribution in [2.75, 3.05) is 0 Å². The lowest BCUT2D eigenvalue weighted by Crippen LogP contribution is -2.45. The first-order valence-corrected chi connectivity index (χ1v) is 6.30. The van der Waals surface area contributed by atoms with Crippen LogP contribution in [-0.2, 0) is 16.0 Å². The number of hydrogen-bond donors (Lipinski definition) is 2. The zero-order chi connectivity index (χ0) is 15.3. The maximum absolute atomic E-state index is 13.0. The smallest absolute Gasteiger partial charge is 0.326 e. The van der Waals surface area contributed by atoms with E-state index in [2.05, 4.69) is 5.32 Å². The minimum absolute atomic E-state index is 0.160. The predicted octanol–water partition coefficient (Wildman–Crippen LogP) is 2.12. The number of halogens is 2. The van der Waals surface area contributed by atoms with Gasteiger partial charge in [-0.3, -0.25) is 4.79 Å². The molecule has 6 heteroatoms. The first-order chi connectivity index (χ1) is 9.33. The topological polar surface area (TPSA) is 66.4 Å². The zero-order valence-corrected chi connectivity index (χ0v) is 11.3. The molecule has 20 heavy (non-hydrogen) atoms. The van der Waals surface area contributed by atoms with E-state index >= 15 is 0 Å². The van der Waals surface area contributed by atoms with E-state index in [0.717, 1.165) is 12.1 Å². The third-order valence-corrected chi connectivity index (χ3v) is 3.08. The number of carbonyl (C=O) groups is 2. The Balaban J connectivity index is 2.73. The Morgan fingerprint density at radius 3 is 2.25 bits per heavy atom. The van der Waals surface area contributed by atoms with E-state index in [1.165, 1.54) is 0 Å². The zero-order valence-electron chi connectivity index (χ0n) is 11.3. The Hall–Kier alpha value is -1.98. The van der Waals surface area contributed by atoms with E-state index in [9.17, 15) is 18.4 Å². The second-order valence-electron chi connectivity index (χ2n) is 4.72. The number of amides is 1. The van der Waals surface area contributed by atoms with Gasteiger partial charge in [-0.05, 0) is 23.6 Å². The second kappa shape index (κ2) is 6.98. The van der Waals surface area contributed by atoms with Crippen LogP contribution < -0.4 is 5.32 Å². The summed E-state index contributed by atoms with van der Waals surface area (Å²) < 4.78 is 26.0. The molecule has 0 aliphatic carbocycles. The summed E-state index contributed by atoms with van der Waals surface area (Å²) in [6.07, 6.45) is 0.320. The highest BCUT2D eigenvalue weighted by Gasteiger charge is 2.25. The molecule has 0 aliphatic heterocycles. The van der Waals surface area contributed by atoms with E-state index in [4.69, 9.17) is 5.11 Å². The van der Waals surface area contributed by atoms with Gasteiger partial charge in [0.05, 0.1) is 6.42 Å². The fraction of sp³-hybridized carbons (Fsp3) is 0.429. The molecule has 1 amide bonds. The molecule has 0 bridgehead atoms. The third-order valence-electron chi connectivity index (χ3n) is 3.08. The van der Waals surface area contributed by atoms with Gasteiger partial charge in [0.25, 0.3) is 0 Å². The molecular weight excluding hydrogens is 268 g/mol. The molecular formula is C14H17F2NO3. The summed E-state index contributed by atoms with van der Waals surface area (Å²) in [7, 11) is 0. The summed E-state index contributed by atoms with van der Waals surface area (Å²) in [5.74, 6) is -3.49. The van der Waals surface area contributed by atoms with Crippen LogP contribution in [0.15, 0.2) is 18.2 Å². The molecule has 0 radical (unpaired) electrons. The first kappa shape index (κ1) is 16.1. The molecule has 1 rings (SSSR count). The molecule has 0 aliphatic rings. The van der Waals surface area contributed by atoms with Crippen molar-refractivity contribution in [3.63, 3.8) is 0 Å². The Morgan fingerprint density at radius 1 is 1.25 bits per heavy atom. The van der Waals surface area contributed by atoms with Crippen LogP contribution in [0.2, 0.25) is 0 Å². The van der Waals surface area contributed by atoms with Gasteiger partial charge in [-0.25, -0.2) is 13.6 Å². The van der Waals surface area contributed by atoms with E-state index in [-0.39, 0.29) is 17.9 Å². The van der Waals surface area contributed by atoms with E-state index in [1.807, 2.05) is 6.92 Å². The van der Waals surface area contributed by atoms with Crippen LogP contribution in [0.3, 0.4) is 0 Å². The number of nitrogens with one attached hydrogen (secondary N) is 1. The van der Waals surface area contributed by atoms with E-state index < -0.39 is 29.6 Å². The maximum atomic E-state index is 13.0. The highest BCUT2D eigenvalue weighted by molar-refractivity contribution is 5.85. The fourth-order valence-corrected chi connectivity index (χ4v) is 1.81. The molecule has 2 N–H and O–H groups in total. The Bertz CT molecular complexity index is 485. The van der Waals surface area contributed by atoms with Crippen molar-refractivity contribution in [2.24, 2.45) is 5.92 Å². The molecule has 0 fully saturated rings. The largest absolute Gasteiger partial charge is 0.480 e. The number of carboxylic acids is 1. The number of hydrogen-bond acceptors (Lipinski definition) is 2. The Morgan fingerprint density at radius 2 is 1.80 bits per heavy atom. The van der Waals surface area contributed by atoms with Crippen LogP contribution in [0.1, 0.15) is 25.8 Å². The minimum atomic E-state index is -1.13. The maximum Gasteiger partial charge on any atom is 0.326 e. The molecule has 0 aromatic heterocycles. The van der Waals surface area contributed by atoms with Gasteiger partial charge in [0.1, 0.15) is 17.7 Å². The highest BCUT2D eigenvalue weighted by atomic mass is 19.1. The predicted molar refractivity (Wildman–Crippen MR) is 69.1 cm³/mol. The standard InChI is InChI=1S/C14H17F2NO3/c1-3-8(2)13(14(19)20)17-12(18)6-9-4-10(15)7-11(16)5-9/h4-5,7-8,13H,3,6H2,1-2H3,(H,17,18)(H,19,20)/t8-,13-/m0/s1. The van der Waals surface area contributed by atoms with Crippen LogP contribution in [0.25, 0.3) is 0 Å². The van der Waals surface area contributed by atoms with Gasteiger partial charge in [0, 0.05) is 6.07 Å². The minimum Gasteiger partial charge on any atom is -0.480 e. The lowest BCUT2D eigenvalue weighted by atomic mass is 9.99. The van der Waals surface area contributed by atoms with Crippen molar-refractivity contribution >= 4 is 11.9 Å². The Labute approximate surface area is 115 Å². The van der Waals surface area contributed by atoms with Crippen LogP contribution in [-0.4, -0.2) is 23.0 Å². The van der Waals surface area contributed by atoms with Gasteiger partial charge in [-0.2, -0.15) is 0 Å². The van der Waals surface area contributed by atoms with Gasteiger partial charge in [-0.1, -0.05) is 20.3 Å². The van der Waals surface area contributed by atoms with Crippen molar-refractivity contribution in [3.05, 3.63) is 35.4 Å². The normalized spacial score (nSPS) is 13.6. The molecule has 110 valence electrons. The summed E-state index contributed by atoms with van der Waals surface area (Å²) >= 11 is 0. The quantitative estimate of drug-likeness (QED) is 0.841. The number of rotatable bonds is 6. The Kier molecular flexibility index (Phi) is 5.61. The average molecular weight is 285 g/mol. The number of carbonyl (C=O) groups excluding carboxylic acids is 1. The highest BCUT2D eigenvalue weighted by Crippen LogP contribution is 2.11. The van der Waals surface area contributed by atoms with Gasteiger partial charge in [0.2, 0.25) is 5.91 Å². The van der Waals surface area contributed by atoms with Gasteiger partial charge in [0.15, 0.2) is 0 Å². The van der Waals surface area contributed by atoms with Crippen molar-refractivity contribution in [1.29, 1.82) is 0 Å². The van der Waals surface area contributed by atoms with Crippen LogP contribution in [0, 0.1) is 17.6 Å². The van der Waals surface area contributed by atoms with Crippen molar-refractivity contribution in [1.82, 2.24) is 5.32 Å². The lowest BCUT2D eigenvalue weighted by molar-refractivity contribution is -0.143. The van der Waals surface area contributed by atoms with Crippen molar-refractivity contribution in [3.8, 4) is 0 Å². The summed E-state index contributed by atoms with van der Waals surface area (Å²) in [6, 6.07) is 1.79. The average Bonchev–Trinajstić information content (AvgIpc) is 2.33. The molecule has 0 unspecified atom stereocenters. The molecule has 4 nitrogen and oxygen atoms in total. The van der Waals surface area contributed by atoms with Crippen molar-refractivity contribution in [2.45, 2.75) is 32.7 Å². The number of benzene rings is 1.